The largest absolute Gasteiger partial charge is 0.491 e. The molecule has 3 nitrogen and oxygen atoms in total. The molecular weight excluding hydrogens is 262 g/mol. The minimum absolute atomic E-state index is 0.371. The van der Waals surface area contributed by atoms with Crippen molar-refractivity contribution in [1.82, 2.24) is 4.90 Å². The van der Waals surface area contributed by atoms with Crippen LogP contribution in [0.5, 0.6) is 5.75 Å². The fraction of sp³-hybridized carbons (Fsp3) is 0.667. The number of β-amino-alcohol motifs (C(OH)–C–C–N with tert-alkyl or cyclic N) is 1. The molecule has 2 rings (SSSR count). The van der Waals surface area contributed by atoms with Crippen LogP contribution in [0.2, 0.25) is 0 Å². The molecule has 1 aromatic carbocycles. The molecule has 1 aliphatic rings. The van der Waals surface area contributed by atoms with E-state index in [1.807, 2.05) is 12.1 Å². The van der Waals surface area contributed by atoms with Gasteiger partial charge < -0.3 is 9.84 Å². The summed E-state index contributed by atoms with van der Waals surface area (Å²) in [7, 11) is 0. The van der Waals surface area contributed by atoms with E-state index in [-0.39, 0.29) is 0 Å². The van der Waals surface area contributed by atoms with Crippen molar-refractivity contribution >= 4 is 0 Å². The number of rotatable bonds is 7. The summed E-state index contributed by atoms with van der Waals surface area (Å²) in [5, 5.41) is 10.2. The average molecular weight is 291 g/mol. The van der Waals surface area contributed by atoms with Gasteiger partial charge in [-0.2, -0.15) is 0 Å². The molecule has 2 unspecified atom stereocenters. The van der Waals surface area contributed by atoms with Gasteiger partial charge >= 0.3 is 0 Å². The maximum atomic E-state index is 10.2. The van der Waals surface area contributed by atoms with E-state index < -0.39 is 6.10 Å². The van der Waals surface area contributed by atoms with Gasteiger partial charge in [-0.05, 0) is 50.4 Å². The van der Waals surface area contributed by atoms with Gasteiger partial charge in [0, 0.05) is 12.6 Å². The Bertz CT molecular complexity index is 404. The molecule has 118 valence electrons. The number of hydrogen-bond acceptors (Lipinski definition) is 3. The van der Waals surface area contributed by atoms with E-state index >= 15 is 0 Å². The smallest absolute Gasteiger partial charge is 0.119 e. The molecule has 0 saturated carbocycles. The summed E-state index contributed by atoms with van der Waals surface area (Å²) in [6, 6.07) is 8.81. The fourth-order valence-electron chi connectivity index (χ4n) is 2.99. The lowest BCUT2D eigenvalue weighted by Gasteiger charge is -2.34. The molecule has 1 aromatic rings. The normalized spacial score (nSPS) is 21.2. The van der Waals surface area contributed by atoms with E-state index in [0.29, 0.717) is 12.6 Å². The highest BCUT2D eigenvalue weighted by Gasteiger charge is 2.20. The van der Waals surface area contributed by atoms with E-state index in [9.17, 15) is 5.11 Å². The maximum Gasteiger partial charge on any atom is 0.119 e. The van der Waals surface area contributed by atoms with Crippen molar-refractivity contribution in [3.8, 4) is 5.75 Å². The van der Waals surface area contributed by atoms with Crippen molar-refractivity contribution in [2.24, 2.45) is 0 Å². The first-order valence-electron chi connectivity index (χ1n) is 8.33. The topological polar surface area (TPSA) is 32.7 Å². The summed E-state index contributed by atoms with van der Waals surface area (Å²) in [6.45, 7) is 6.62. The standard InChI is InChI=1S/C18H29NO2/c1-3-6-16-8-10-18(11-9-16)21-14-17(20)13-19-12-5-4-7-15(19)2/h8-11,15,17,20H,3-7,12-14H2,1-2H3. The SMILES string of the molecule is CCCc1ccc(OCC(O)CN2CCCCC2C)cc1. The second-order valence-electron chi connectivity index (χ2n) is 6.20. The Balaban J connectivity index is 1.73. The minimum atomic E-state index is -0.416. The van der Waals surface area contributed by atoms with Gasteiger partial charge in [0.2, 0.25) is 0 Å². The van der Waals surface area contributed by atoms with Crippen molar-refractivity contribution in [2.75, 3.05) is 19.7 Å². The predicted octanol–water partition coefficient (Wildman–Crippen LogP) is 3.25. The fourth-order valence-corrected chi connectivity index (χ4v) is 2.99. The van der Waals surface area contributed by atoms with E-state index in [1.165, 1.54) is 24.8 Å². The van der Waals surface area contributed by atoms with Gasteiger partial charge in [-0.15, -0.1) is 0 Å². The molecule has 1 fully saturated rings. The van der Waals surface area contributed by atoms with Gasteiger partial charge in [-0.1, -0.05) is 31.9 Å². The highest BCUT2D eigenvalue weighted by molar-refractivity contribution is 5.27. The quantitative estimate of drug-likeness (QED) is 0.837. The van der Waals surface area contributed by atoms with Crippen LogP contribution in [0.25, 0.3) is 0 Å². The molecule has 1 aliphatic heterocycles. The summed E-state index contributed by atoms with van der Waals surface area (Å²) in [5.41, 5.74) is 1.34. The molecule has 3 heteroatoms. The molecule has 2 atom stereocenters. The number of benzene rings is 1. The maximum absolute atomic E-state index is 10.2. The van der Waals surface area contributed by atoms with Crippen LogP contribution >= 0.6 is 0 Å². The Morgan fingerprint density at radius 1 is 1.29 bits per heavy atom. The van der Waals surface area contributed by atoms with E-state index in [4.69, 9.17) is 4.74 Å². The molecule has 0 bridgehead atoms. The van der Waals surface area contributed by atoms with Crippen molar-refractivity contribution < 1.29 is 9.84 Å². The third kappa shape index (κ3) is 5.33. The number of hydrogen-bond donors (Lipinski definition) is 1. The zero-order valence-electron chi connectivity index (χ0n) is 13.4. The number of piperidine rings is 1. The molecule has 0 radical (unpaired) electrons. The number of aryl methyl sites for hydroxylation is 1. The molecule has 21 heavy (non-hydrogen) atoms. The van der Waals surface area contributed by atoms with Crippen LogP contribution in [-0.4, -0.2) is 41.8 Å². The molecule has 0 aromatic heterocycles. The number of ether oxygens (including phenoxy) is 1. The molecular formula is C18H29NO2. The zero-order valence-corrected chi connectivity index (χ0v) is 13.4. The number of aliphatic hydroxyl groups is 1. The first-order chi connectivity index (χ1) is 10.2. The van der Waals surface area contributed by atoms with E-state index in [1.54, 1.807) is 0 Å². The van der Waals surface area contributed by atoms with Crippen LogP contribution in [0.3, 0.4) is 0 Å². The van der Waals surface area contributed by atoms with Crippen molar-refractivity contribution in [3.05, 3.63) is 29.8 Å². The van der Waals surface area contributed by atoms with Crippen LogP contribution in [0, 0.1) is 0 Å². The number of aliphatic hydroxyl groups excluding tert-OH is 1. The Morgan fingerprint density at radius 2 is 2.05 bits per heavy atom. The highest BCUT2D eigenvalue weighted by atomic mass is 16.5. The van der Waals surface area contributed by atoms with Crippen LogP contribution < -0.4 is 4.74 Å². The van der Waals surface area contributed by atoms with Gasteiger partial charge in [0.1, 0.15) is 18.5 Å². The van der Waals surface area contributed by atoms with E-state index in [2.05, 4.69) is 30.9 Å². The molecule has 1 N–H and O–H groups in total. The highest BCUT2D eigenvalue weighted by Crippen LogP contribution is 2.17. The average Bonchev–Trinajstić information content (AvgIpc) is 2.49. The van der Waals surface area contributed by atoms with Crippen LogP contribution in [0.4, 0.5) is 0 Å². The zero-order chi connectivity index (χ0) is 15.1. The van der Waals surface area contributed by atoms with Gasteiger partial charge in [-0.3, -0.25) is 4.90 Å². The van der Waals surface area contributed by atoms with Crippen LogP contribution in [-0.2, 0) is 6.42 Å². The Morgan fingerprint density at radius 3 is 2.71 bits per heavy atom. The second-order valence-corrected chi connectivity index (χ2v) is 6.20. The first kappa shape index (κ1) is 16.3. The third-order valence-corrected chi connectivity index (χ3v) is 4.29. The monoisotopic (exact) mass is 291 g/mol. The molecule has 0 spiro atoms. The lowest BCUT2D eigenvalue weighted by molar-refractivity contribution is 0.0438. The summed E-state index contributed by atoms with van der Waals surface area (Å²) < 4.78 is 5.70. The molecule has 1 saturated heterocycles. The van der Waals surface area contributed by atoms with Crippen LogP contribution in [0.15, 0.2) is 24.3 Å². The number of likely N-dealkylation sites (tertiary alicyclic amines) is 1. The number of nitrogens with zero attached hydrogens (tertiary/aromatic N) is 1. The summed E-state index contributed by atoms with van der Waals surface area (Å²) in [4.78, 5) is 2.38. The van der Waals surface area contributed by atoms with Gasteiger partial charge in [0.25, 0.3) is 0 Å². The van der Waals surface area contributed by atoms with Gasteiger partial charge in [0.05, 0.1) is 0 Å². The summed E-state index contributed by atoms with van der Waals surface area (Å²) in [5.74, 6) is 0.848. The predicted molar refractivity (Wildman–Crippen MR) is 86.8 cm³/mol. The minimum Gasteiger partial charge on any atom is -0.491 e. The van der Waals surface area contributed by atoms with Gasteiger partial charge in [-0.25, -0.2) is 0 Å². The van der Waals surface area contributed by atoms with Crippen molar-refractivity contribution in [3.63, 3.8) is 0 Å². The van der Waals surface area contributed by atoms with Crippen molar-refractivity contribution in [2.45, 2.75) is 58.1 Å². The van der Waals surface area contributed by atoms with Crippen LogP contribution in [0.1, 0.15) is 45.1 Å². The summed E-state index contributed by atoms with van der Waals surface area (Å²) in [6.07, 6.45) is 5.65. The van der Waals surface area contributed by atoms with Gasteiger partial charge in [0.15, 0.2) is 0 Å². The Labute approximate surface area is 128 Å². The Hall–Kier alpha value is -1.06. The van der Waals surface area contributed by atoms with Crippen molar-refractivity contribution in [1.29, 1.82) is 0 Å². The first-order valence-corrected chi connectivity index (χ1v) is 8.33. The second kappa shape index (κ2) is 8.40. The summed E-state index contributed by atoms with van der Waals surface area (Å²) >= 11 is 0. The molecule has 0 amide bonds. The Kier molecular flexibility index (Phi) is 6.52. The molecule has 0 aliphatic carbocycles. The van der Waals surface area contributed by atoms with E-state index in [0.717, 1.165) is 31.7 Å². The lowest BCUT2D eigenvalue weighted by atomic mass is 10.0. The lowest BCUT2D eigenvalue weighted by Crippen LogP contribution is -2.43. The third-order valence-electron chi connectivity index (χ3n) is 4.29. The molecule has 1 heterocycles.